The van der Waals surface area contributed by atoms with Gasteiger partial charge >= 0.3 is 0 Å². The van der Waals surface area contributed by atoms with Gasteiger partial charge in [-0.3, -0.25) is 4.79 Å². The molecule has 2 aromatic rings. The maximum absolute atomic E-state index is 13.9. The van der Waals surface area contributed by atoms with Gasteiger partial charge in [-0.15, -0.1) is 0 Å². The Morgan fingerprint density at radius 2 is 2.10 bits per heavy atom. The number of benzene rings is 2. The van der Waals surface area contributed by atoms with Crippen LogP contribution in [0.3, 0.4) is 0 Å². The fraction of sp³-hybridized carbons (Fsp3) is 0.348. The van der Waals surface area contributed by atoms with Crippen molar-refractivity contribution >= 4 is 12.0 Å². The molecule has 0 saturated carbocycles. The van der Waals surface area contributed by atoms with E-state index in [0.29, 0.717) is 12.2 Å². The first-order valence-corrected chi connectivity index (χ1v) is 9.63. The number of rotatable bonds is 7. The molecule has 0 bridgehead atoms. The molecule has 2 aromatic carbocycles. The molecule has 3 rings (SSSR count). The molecular weight excluding hydrogens is 373 g/mol. The molecule has 0 spiro atoms. The van der Waals surface area contributed by atoms with Gasteiger partial charge in [0.15, 0.2) is 11.6 Å². The third kappa shape index (κ3) is 4.88. The molecule has 6 heteroatoms. The minimum absolute atomic E-state index is 0.136. The monoisotopic (exact) mass is 399 g/mol. The van der Waals surface area contributed by atoms with E-state index in [1.54, 1.807) is 25.3 Å². The van der Waals surface area contributed by atoms with Crippen LogP contribution in [0.25, 0.3) is 6.08 Å². The highest BCUT2D eigenvalue weighted by molar-refractivity contribution is 5.92. The van der Waals surface area contributed by atoms with Crippen LogP contribution in [-0.4, -0.2) is 37.7 Å². The maximum Gasteiger partial charge on any atom is 0.246 e. The van der Waals surface area contributed by atoms with Crippen LogP contribution in [0.1, 0.15) is 30.5 Å². The molecule has 1 aliphatic heterocycles. The lowest BCUT2D eigenvalue weighted by Gasteiger charge is -2.16. The van der Waals surface area contributed by atoms with E-state index in [9.17, 15) is 9.18 Å². The van der Waals surface area contributed by atoms with Gasteiger partial charge in [-0.25, -0.2) is 4.39 Å². The fourth-order valence-corrected chi connectivity index (χ4v) is 3.31. The SMILES string of the molecule is CCOc1cc2c(cc1/C=C/C(=O)N(C)Cc1ccc(OC)c(F)c1)OC(C)C2. The van der Waals surface area contributed by atoms with E-state index >= 15 is 0 Å². The quantitative estimate of drug-likeness (QED) is 0.654. The molecule has 1 heterocycles. The Hall–Kier alpha value is -3.02. The lowest BCUT2D eigenvalue weighted by atomic mass is 10.1. The number of likely N-dealkylation sites (N-methyl/N-ethyl adjacent to an activating group) is 1. The van der Waals surface area contributed by atoms with E-state index in [-0.39, 0.29) is 24.3 Å². The number of carbonyl (C=O) groups is 1. The Morgan fingerprint density at radius 3 is 2.79 bits per heavy atom. The van der Waals surface area contributed by atoms with Crippen LogP contribution >= 0.6 is 0 Å². The van der Waals surface area contributed by atoms with Crippen LogP contribution in [0.2, 0.25) is 0 Å². The van der Waals surface area contributed by atoms with Gasteiger partial charge in [0.05, 0.1) is 13.7 Å². The average molecular weight is 399 g/mol. The molecule has 29 heavy (non-hydrogen) atoms. The summed E-state index contributed by atoms with van der Waals surface area (Å²) >= 11 is 0. The Balaban J connectivity index is 1.72. The van der Waals surface area contributed by atoms with E-state index in [0.717, 1.165) is 29.0 Å². The summed E-state index contributed by atoms with van der Waals surface area (Å²) in [5, 5.41) is 0. The summed E-state index contributed by atoms with van der Waals surface area (Å²) in [4.78, 5) is 14.1. The zero-order valence-corrected chi connectivity index (χ0v) is 17.2. The van der Waals surface area contributed by atoms with Gasteiger partial charge in [0, 0.05) is 37.2 Å². The third-order valence-electron chi connectivity index (χ3n) is 4.75. The molecule has 0 aromatic heterocycles. The van der Waals surface area contributed by atoms with Gasteiger partial charge in [0.25, 0.3) is 0 Å². The van der Waals surface area contributed by atoms with E-state index in [2.05, 4.69) is 0 Å². The average Bonchev–Trinajstić information content (AvgIpc) is 3.05. The Bertz CT molecular complexity index is 925. The standard InChI is InChI=1S/C23H26FNO4/c1-5-28-21-13-18-10-15(2)29-22(18)12-17(21)7-9-23(26)25(3)14-16-6-8-20(27-4)19(24)11-16/h6-9,11-13,15H,5,10,14H2,1-4H3/b9-7+. The number of methoxy groups -OCH3 is 1. The van der Waals surface area contributed by atoms with E-state index in [4.69, 9.17) is 14.2 Å². The summed E-state index contributed by atoms with van der Waals surface area (Å²) in [5.74, 6) is 1.09. The summed E-state index contributed by atoms with van der Waals surface area (Å²) < 4.78 is 30.3. The second-order valence-electron chi connectivity index (χ2n) is 7.06. The molecule has 1 amide bonds. The van der Waals surface area contributed by atoms with Crippen molar-refractivity contribution in [1.82, 2.24) is 4.90 Å². The van der Waals surface area contributed by atoms with Crippen LogP contribution in [0, 0.1) is 5.82 Å². The van der Waals surface area contributed by atoms with Crippen LogP contribution in [-0.2, 0) is 17.8 Å². The smallest absolute Gasteiger partial charge is 0.246 e. The van der Waals surface area contributed by atoms with Gasteiger partial charge in [-0.1, -0.05) is 6.07 Å². The lowest BCUT2D eigenvalue weighted by Crippen LogP contribution is -2.24. The zero-order valence-electron chi connectivity index (χ0n) is 17.2. The van der Waals surface area contributed by atoms with Gasteiger partial charge < -0.3 is 19.1 Å². The van der Waals surface area contributed by atoms with Crippen molar-refractivity contribution in [2.75, 3.05) is 20.8 Å². The second-order valence-corrected chi connectivity index (χ2v) is 7.06. The number of hydrogen-bond donors (Lipinski definition) is 0. The fourth-order valence-electron chi connectivity index (χ4n) is 3.31. The second kappa shape index (κ2) is 8.99. The number of ether oxygens (including phenoxy) is 3. The van der Waals surface area contributed by atoms with Gasteiger partial charge in [0.2, 0.25) is 5.91 Å². The highest BCUT2D eigenvalue weighted by atomic mass is 19.1. The molecule has 1 unspecified atom stereocenters. The number of nitrogens with zero attached hydrogens (tertiary/aromatic N) is 1. The Kier molecular flexibility index (Phi) is 6.42. The Morgan fingerprint density at radius 1 is 1.31 bits per heavy atom. The van der Waals surface area contributed by atoms with Crippen LogP contribution in [0.5, 0.6) is 17.2 Å². The van der Waals surface area contributed by atoms with Gasteiger partial charge in [0.1, 0.15) is 17.6 Å². The van der Waals surface area contributed by atoms with E-state index in [1.807, 2.05) is 26.0 Å². The van der Waals surface area contributed by atoms with Crippen molar-refractivity contribution < 1.29 is 23.4 Å². The first kappa shape index (κ1) is 20.7. The number of amides is 1. The first-order chi connectivity index (χ1) is 13.9. The highest BCUT2D eigenvalue weighted by Gasteiger charge is 2.21. The zero-order chi connectivity index (χ0) is 21.0. The van der Waals surface area contributed by atoms with Crippen molar-refractivity contribution in [3.63, 3.8) is 0 Å². The number of fused-ring (bicyclic) bond motifs is 1. The molecule has 1 aliphatic rings. The topological polar surface area (TPSA) is 48.0 Å². The van der Waals surface area contributed by atoms with Crippen molar-refractivity contribution in [3.05, 3.63) is 58.9 Å². The van der Waals surface area contributed by atoms with Crippen molar-refractivity contribution in [2.45, 2.75) is 32.9 Å². The largest absolute Gasteiger partial charge is 0.494 e. The summed E-state index contributed by atoms with van der Waals surface area (Å²) in [6.45, 7) is 4.77. The number of halogens is 1. The molecule has 0 aliphatic carbocycles. The number of carbonyl (C=O) groups excluding carboxylic acids is 1. The molecule has 0 N–H and O–H groups in total. The Labute approximate surface area is 170 Å². The molecule has 5 nitrogen and oxygen atoms in total. The summed E-state index contributed by atoms with van der Waals surface area (Å²) in [6.07, 6.45) is 4.20. The third-order valence-corrected chi connectivity index (χ3v) is 4.75. The number of hydrogen-bond acceptors (Lipinski definition) is 4. The van der Waals surface area contributed by atoms with Crippen molar-refractivity contribution in [2.24, 2.45) is 0 Å². The van der Waals surface area contributed by atoms with Crippen molar-refractivity contribution in [3.8, 4) is 17.2 Å². The maximum atomic E-state index is 13.9. The van der Waals surface area contributed by atoms with E-state index < -0.39 is 5.82 Å². The highest BCUT2D eigenvalue weighted by Crippen LogP contribution is 2.35. The summed E-state index contributed by atoms with van der Waals surface area (Å²) in [6, 6.07) is 8.56. The van der Waals surface area contributed by atoms with Crippen LogP contribution in [0.4, 0.5) is 4.39 Å². The van der Waals surface area contributed by atoms with Crippen LogP contribution in [0.15, 0.2) is 36.4 Å². The van der Waals surface area contributed by atoms with Gasteiger partial charge in [-0.2, -0.15) is 0 Å². The molecule has 154 valence electrons. The minimum Gasteiger partial charge on any atom is -0.494 e. The predicted octanol–water partition coefficient (Wildman–Crippen LogP) is 4.23. The van der Waals surface area contributed by atoms with E-state index in [1.165, 1.54) is 24.2 Å². The summed E-state index contributed by atoms with van der Waals surface area (Å²) in [7, 11) is 3.09. The molecule has 0 fully saturated rings. The summed E-state index contributed by atoms with van der Waals surface area (Å²) in [5.41, 5.74) is 2.59. The lowest BCUT2D eigenvalue weighted by molar-refractivity contribution is -0.125. The normalized spacial score (nSPS) is 15.1. The van der Waals surface area contributed by atoms with Gasteiger partial charge in [-0.05, 0) is 49.8 Å². The minimum atomic E-state index is -0.449. The molecule has 0 radical (unpaired) electrons. The molecule has 0 saturated heterocycles. The molecular formula is C23H26FNO4. The van der Waals surface area contributed by atoms with Crippen molar-refractivity contribution in [1.29, 1.82) is 0 Å². The van der Waals surface area contributed by atoms with Crippen LogP contribution < -0.4 is 14.2 Å². The predicted molar refractivity (Wildman–Crippen MR) is 110 cm³/mol. The first-order valence-electron chi connectivity index (χ1n) is 9.63. The molecule has 1 atom stereocenters.